The molecule has 0 radical (unpaired) electrons. The van der Waals surface area contributed by atoms with E-state index >= 15 is 0 Å². The average Bonchev–Trinajstić information content (AvgIpc) is 2.45. The van der Waals surface area contributed by atoms with Gasteiger partial charge >= 0.3 is 0 Å². The highest BCUT2D eigenvalue weighted by molar-refractivity contribution is 6.29. The molecule has 1 aromatic heterocycles. The van der Waals surface area contributed by atoms with Crippen LogP contribution in [0.3, 0.4) is 0 Å². The van der Waals surface area contributed by atoms with Crippen molar-refractivity contribution in [1.82, 2.24) is 14.9 Å². The van der Waals surface area contributed by atoms with Gasteiger partial charge in [-0.1, -0.05) is 18.5 Å². The molecule has 1 aliphatic rings. The van der Waals surface area contributed by atoms with Crippen LogP contribution in [0.2, 0.25) is 5.15 Å². The summed E-state index contributed by atoms with van der Waals surface area (Å²) < 4.78 is 5.33. The number of hydrogen-bond donors (Lipinski definition) is 1. The second-order valence-electron chi connectivity index (χ2n) is 4.98. The van der Waals surface area contributed by atoms with E-state index in [0.717, 1.165) is 38.3 Å². The van der Waals surface area contributed by atoms with Crippen molar-refractivity contribution >= 4 is 17.4 Å². The first-order valence-electron chi connectivity index (χ1n) is 7.31. The number of piperidine rings is 1. The number of hydrogen-bond acceptors (Lipinski definition) is 5. The monoisotopic (exact) mass is 298 g/mol. The fraction of sp³-hybridized carbons (Fsp3) is 0.714. The Hall–Kier alpha value is -0.910. The van der Waals surface area contributed by atoms with Crippen LogP contribution in [0.15, 0.2) is 6.07 Å². The lowest BCUT2D eigenvalue weighted by Gasteiger charge is -2.31. The summed E-state index contributed by atoms with van der Waals surface area (Å²) in [4.78, 5) is 11.1. The predicted octanol–water partition coefficient (Wildman–Crippen LogP) is 2.56. The van der Waals surface area contributed by atoms with Crippen LogP contribution in [-0.4, -0.2) is 47.2 Å². The maximum atomic E-state index is 6.04. The van der Waals surface area contributed by atoms with Crippen LogP contribution >= 0.6 is 11.6 Å². The SMILES string of the molecule is CCOCc1nc(Cl)cc(NC2CCN(CC)CC2)n1. The predicted molar refractivity (Wildman–Crippen MR) is 81.1 cm³/mol. The molecule has 5 nitrogen and oxygen atoms in total. The number of nitrogens with zero attached hydrogens (tertiary/aromatic N) is 3. The molecule has 1 aliphatic heterocycles. The largest absolute Gasteiger partial charge is 0.374 e. The fourth-order valence-corrected chi connectivity index (χ4v) is 2.60. The molecule has 1 saturated heterocycles. The molecule has 2 heterocycles. The van der Waals surface area contributed by atoms with E-state index in [0.29, 0.717) is 30.2 Å². The molecule has 0 spiro atoms. The molecule has 20 heavy (non-hydrogen) atoms. The fourth-order valence-electron chi connectivity index (χ4n) is 2.40. The summed E-state index contributed by atoms with van der Waals surface area (Å²) in [5.41, 5.74) is 0. The van der Waals surface area contributed by atoms with Crippen LogP contribution in [-0.2, 0) is 11.3 Å². The summed E-state index contributed by atoms with van der Waals surface area (Å²) in [6, 6.07) is 2.24. The first-order chi connectivity index (χ1) is 9.71. The Morgan fingerprint density at radius 2 is 2.10 bits per heavy atom. The van der Waals surface area contributed by atoms with E-state index in [1.807, 2.05) is 6.92 Å². The van der Waals surface area contributed by atoms with Crippen LogP contribution in [0.25, 0.3) is 0 Å². The Morgan fingerprint density at radius 3 is 2.75 bits per heavy atom. The lowest BCUT2D eigenvalue weighted by molar-refractivity contribution is 0.128. The second-order valence-corrected chi connectivity index (χ2v) is 5.37. The van der Waals surface area contributed by atoms with E-state index in [9.17, 15) is 0 Å². The number of likely N-dealkylation sites (tertiary alicyclic amines) is 1. The molecule has 1 N–H and O–H groups in total. The average molecular weight is 299 g/mol. The van der Waals surface area contributed by atoms with Gasteiger partial charge in [0.25, 0.3) is 0 Å². The van der Waals surface area contributed by atoms with E-state index in [1.54, 1.807) is 6.07 Å². The molecule has 0 bridgehead atoms. The third kappa shape index (κ3) is 4.58. The normalized spacial score (nSPS) is 17.4. The lowest BCUT2D eigenvalue weighted by atomic mass is 10.1. The Balaban J connectivity index is 1.93. The molecule has 0 atom stereocenters. The van der Waals surface area contributed by atoms with Crippen LogP contribution < -0.4 is 5.32 Å². The minimum atomic E-state index is 0.403. The van der Waals surface area contributed by atoms with E-state index in [1.165, 1.54) is 0 Å². The Kier molecular flexibility index (Phi) is 6.01. The van der Waals surface area contributed by atoms with Gasteiger partial charge in [0.05, 0.1) is 0 Å². The minimum absolute atomic E-state index is 0.403. The molecular formula is C14H23ClN4O. The maximum absolute atomic E-state index is 6.04. The summed E-state index contributed by atoms with van der Waals surface area (Å²) in [5.74, 6) is 1.43. The molecule has 0 unspecified atom stereocenters. The quantitative estimate of drug-likeness (QED) is 0.818. The van der Waals surface area contributed by atoms with Crippen LogP contribution in [0.1, 0.15) is 32.5 Å². The summed E-state index contributed by atoms with van der Waals surface area (Å²) >= 11 is 6.04. The van der Waals surface area contributed by atoms with E-state index < -0.39 is 0 Å². The molecule has 2 rings (SSSR count). The van der Waals surface area contributed by atoms with Crippen molar-refractivity contribution in [3.63, 3.8) is 0 Å². The summed E-state index contributed by atoms with van der Waals surface area (Å²) in [7, 11) is 0. The van der Waals surface area contributed by atoms with Crippen molar-refractivity contribution < 1.29 is 4.74 Å². The van der Waals surface area contributed by atoms with Crippen LogP contribution in [0, 0.1) is 0 Å². The molecule has 1 aromatic rings. The number of rotatable bonds is 6. The zero-order chi connectivity index (χ0) is 14.4. The van der Waals surface area contributed by atoms with Gasteiger partial charge in [0.1, 0.15) is 17.6 Å². The molecule has 0 amide bonds. The van der Waals surface area contributed by atoms with Crippen molar-refractivity contribution in [1.29, 1.82) is 0 Å². The number of aromatic nitrogens is 2. The highest BCUT2D eigenvalue weighted by Gasteiger charge is 2.18. The molecule has 1 fully saturated rings. The van der Waals surface area contributed by atoms with Gasteiger partial charge in [0, 0.05) is 31.8 Å². The molecule has 0 aliphatic carbocycles. The third-order valence-corrected chi connectivity index (χ3v) is 3.76. The zero-order valence-corrected chi connectivity index (χ0v) is 13.0. The summed E-state index contributed by atoms with van der Waals surface area (Å²) in [5, 5.41) is 3.93. The summed E-state index contributed by atoms with van der Waals surface area (Å²) in [6.07, 6.45) is 2.27. The Bertz CT molecular complexity index is 422. The number of ether oxygens (including phenoxy) is 1. The van der Waals surface area contributed by atoms with Crippen molar-refractivity contribution in [2.24, 2.45) is 0 Å². The van der Waals surface area contributed by atoms with Gasteiger partial charge in [-0.2, -0.15) is 0 Å². The van der Waals surface area contributed by atoms with Gasteiger partial charge in [-0.05, 0) is 26.3 Å². The standard InChI is InChI=1S/C14H23ClN4O/c1-3-19-7-5-11(6-8-19)16-13-9-12(15)17-14(18-13)10-20-4-2/h9,11H,3-8,10H2,1-2H3,(H,16,17,18). The third-order valence-electron chi connectivity index (χ3n) is 3.56. The first kappa shape index (κ1) is 15.5. The zero-order valence-electron chi connectivity index (χ0n) is 12.2. The van der Waals surface area contributed by atoms with Crippen molar-refractivity contribution in [3.8, 4) is 0 Å². The Labute approximate surface area is 125 Å². The van der Waals surface area contributed by atoms with Gasteiger partial charge in [-0.25, -0.2) is 9.97 Å². The minimum Gasteiger partial charge on any atom is -0.374 e. The smallest absolute Gasteiger partial charge is 0.158 e. The second kappa shape index (κ2) is 7.76. The Morgan fingerprint density at radius 1 is 1.35 bits per heavy atom. The van der Waals surface area contributed by atoms with Gasteiger partial charge in [0.15, 0.2) is 5.82 Å². The van der Waals surface area contributed by atoms with E-state index in [-0.39, 0.29) is 0 Å². The highest BCUT2D eigenvalue weighted by atomic mass is 35.5. The van der Waals surface area contributed by atoms with Gasteiger partial charge in [-0.3, -0.25) is 0 Å². The van der Waals surface area contributed by atoms with Gasteiger partial charge in [-0.15, -0.1) is 0 Å². The molecule has 112 valence electrons. The molecule has 0 saturated carbocycles. The maximum Gasteiger partial charge on any atom is 0.158 e. The number of nitrogens with one attached hydrogen (secondary N) is 1. The highest BCUT2D eigenvalue weighted by Crippen LogP contribution is 2.17. The summed E-state index contributed by atoms with van der Waals surface area (Å²) in [6.45, 7) is 8.61. The number of anilines is 1. The molecular weight excluding hydrogens is 276 g/mol. The van der Waals surface area contributed by atoms with Crippen molar-refractivity contribution in [2.45, 2.75) is 39.3 Å². The van der Waals surface area contributed by atoms with Crippen LogP contribution in [0.4, 0.5) is 5.82 Å². The van der Waals surface area contributed by atoms with Crippen molar-refractivity contribution in [3.05, 3.63) is 17.0 Å². The topological polar surface area (TPSA) is 50.3 Å². The van der Waals surface area contributed by atoms with E-state index in [4.69, 9.17) is 16.3 Å². The first-order valence-corrected chi connectivity index (χ1v) is 7.69. The van der Waals surface area contributed by atoms with Gasteiger partial charge < -0.3 is 15.0 Å². The molecule has 6 heteroatoms. The van der Waals surface area contributed by atoms with E-state index in [2.05, 4.69) is 27.1 Å². The van der Waals surface area contributed by atoms with Crippen LogP contribution in [0.5, 0.6) is 0 Å². The number of halogens is 1. The van der Waals surface area contributed by atoms with Crippen molar-refractivity contribution in [2.75, 3.05) is 31.6 Å². The van der Waals surface area contributed by atoms with Gasteiger partial charge in [0.2, 0.25) is 0 Å². The lowest BCUT2D eigenvalue weighted by Crippen LogP contribution is -2.39. The molecule has 0 aromatic carbocycles.